The van der Waals surface area contributed by atoms with Crippen LogP contribution in [0.3, 0.4) is 0 Å². The van der Waals surface area contributed by atoms with Gasteiger partial charge in [-0.1, -0.05) is 37.6 Å². The number of methoxy groups -OCH3 is 1. The fraction of sp³-hybridized carbons (Fsp3) is 0.333. The maximum absolute atomic E-state index is 12.2. The monoisotopic (exact) mass is 404 g/mol. The molecule has 6 nitrogen and oxygen atoms in total. The van der Waals surface area contributed by atoms with Crippen molar-refractivity contribution in [2.24, 2.45) is 0 Å². The van der Waals surface area contributed by atoms with E-state index in [1.807, 2.05) is 24.3 Å². The van der Waals surface area contributed by atoms with E-state index in [9.17, 15) is 9.59 Å². The largest absolute Gasteiger partial charge is 0.495 e. The second-order valence-electron chi connectivity index (χ2n) is 6.65. The van der Waals surface area contributed by atoms with Gasteiger partial charge in [-0.05, 0) is 41.8 Å². The minimum atomic E-state index is -0.363. The first-order valence-corrected chi connectivity index (χ1v) is 9.28. The summed E-state index contributed by atoms with van der Waals surface area (Å²) in [7, 11) is 3.04. The number of rotatable bonds is 8. The highest BCUT2D eigenvalue weighted by Crippen LogP contribution is 2.27. The molecule has 0 bridgehead atoms. The molecule has 0 aliphatic carbocycles. The summed E-state index contributed by atoms with van der Waals surface area (Å²) in [5.74, 6) is 0.858. The van der Waals surface area contributed by atoms with Crippen molar-refractivity contribution >= 4 is 29.1 Å². The summed E-state index contributed by atoms with van der Waals surface area (Å²) in [6.07, 6.45) is 0. The van der Waals surface area contributed by atoms with E-state index >= 15 is 0 Å². The SMILES string of the molecule is COc1ccc(Cl)cc1NC(=O)CN(C)C(=O)COc1ccc(C(C)C)cc1. The van der Waals surface area contributed by atoms with Gasteiger partial charge in [-0.3, -0.25) is 9.59 Å². The van der Waals surface area contributed by atoms with Crippen LogP contribution in [-0.2, 0) is 9.59 Å². The highest BCUT2D eigenvalue weighted by molar-refractivity contribution is 6.31. The molecule has 0 spiro atoms. The van der Waals surface area contributed by atoms with Crippen molar-refractivity contribution in [3.05, 3.63) is 53.1 Å². The Kier molecular flexibility index (Phi) is 7.70. The third-order valence-corrected chi connectivity index (χ3v) is 4.39. The fourth-order valence-electron chi connectivity index (χ4n) is 2.48. The first-order chi connectivity index (χ1) is 13.3. The third kappa shape index (κ3) is 6.16. The Morgan fingerprint density at radius 2 is 1.82 bits per heavy atom. The van der Waals surface area contributed by atoms with Crippen molar-refractivity contribution in [1.29, 1.82) is 0 Å². The van der Waals surface area contributed by atoms with Crippen LogP contribution < -0.4 is 14.8 Å². The van der Waals surface area contributed by atoms with Crippen molar-refractivity contribution in [1.82, 2.24) is 4.90 Å². The van der Waals surface area contributed by atoms with E-state index in [2.05, 4.69) is 19.2 Å². The summed E-state index contributed by atoms with van der Waals surface area (Å²) in [5.41, 5.74) is 1.64. The molecule has 1 N–H and O–H groups in total. The molecule has 0 heterocycles. The predicted molar refractivity (Wildman–Crippen MR) is 110 cm³/mol. The lowest BCUT2D eigenvalue weighted by molar-refractivity contribution is -0.135. The summed E-state index contributed by atoms with van der Waals surface area (Å²) in [6, 6.07) is 12.5. The molecule has 0 unspecified atom stereocenters. The standard InChI is InChI=1S/C21H25ClN2O4/c1-14(2)15-5-8-17(9-6-15)28-13-21(26)24(3)12-20(25)23-18-11-16(22)7-10-19(18)27-4/h5-11,14H,12-13H2,1-4H3,(H,23,25). The Bertz CT molecular complexity index is 822. The quantitative estimate of drug-likeness (QED) is 0.723. The van der Waals surface area contributed by atoms with Crippen molar-refractivity contribution in [3.8, 4) is 11.5 Å². The molecule has 28 heavy (non-hydrogen) atoms. The van der Waals surface area contributed by atoms with Crippen LogP contribution in [0.25, 0.3) is 0 Å². The molecule has 0 aliphatic rings. The van der Waals surface area contributed by atoms with Gasteiger partial charge in [-0.25, -0.2) is 0 Å². The van der Waals surface area contributed by atoms with Crippen molar-refractivity contribution in [3.63, 3.8) is 0 Å². The minimum absolute atomic E-state index is 0.121. The molecule has 2 aromatic carbocycles. The zero-order chi connectivity index (χ0) is 20.7. The summed E-state index contributed by atoms with van der Waals surface area (Å²) in [5, 5.41) is 3.17. The lowest BCUT2D eigenvalue weighted by atomic mass is 10.0. The Labute approximate surface area is 170 Å². The van der Waals surface area contributed by atoms with Crippen molar-refractivity contribution in [2.75, 3.05) is 32.6 Å². The van der Waals surface area contributed by atoms with E-state index in [0.717, 1.165) is 0 Å². The molecular formula is C21H25ClN2O4. The summed E-state index contributed by atoms with van der Waals surface area (Å²) in [4.78, 5) is 25.8. The van der Waals surface area contributed by atoms with Gasteiger partial charge in [-0.15, -0.1) is 0 Å². The van der Waals surface area contributed by atoms with Gasteiger partial charge in [0, 0.05) is 12.1 Å². The van der Waals surface area contributed by atoms with Crippen molar-refractivity contribution < 1.29 is 19.1 Å². The highest BCUT2D eigenvalue weighted by Gasteiger charge is 2.15. The van der Waals surface area contributed by atoms with Gasteiger partial charge >= 0.3 is 0 Å². The second kappa shape index (κ2) is 9.99. The maximum Gasteiger partial charge on any atom is 0.260 e. The lowest BCUT2D eigenvalue weighted by Gasteiger charge is -2.18. The molecule has 150 valence electrons. The van der Waals surface area contributed by atoms with Gasteiger partial charge in [0.05, 0.1) is 19.3 Å². The van der Waals surface area contributed by atoms with E-state index in [1.54, 1.807) is 25.2 Å². The number of hydrogen-bond acceptors (Lipinski definition) is 4. The highest BCUT2D eigenvalue weighted by atomic mass is 35.5. The van der Waals surface area contributed by atoms with Gasteiger partial charge in [-0.2, -0.15) is 0 Å². The van der Waals surface area contributed by atoms with Gasteiger partial charge in [0.25, 0.3) is 5.91 Å². The number of carbonyl (C=O) groups is 2. The van der Waals surface area contributed by atoms with Crippen LogP contribution in [0.1, 0.15) is 25.3 Å². The van der Waals surface area contributed by atoms with Crippen LogP contribution in [0, 0.1) is 0 Å². The average molecular weight is 405 g/mol. The molecule has 7 heteroatoms. The Hall–Kier alpha value is -2.73. The van der Waals surface area contributed by atoms with Crippen LogP contribution in [0.15, 0.2) is 42.5 Å². The van der Waals surface area contributed by atoms with Crippen LogP contribution in [0.2, 0.25) is 5.02 Å². The molecule has 2 amide bonds. The van der Waals surface area contributed by atoms with Crippen LogP contribution in [0.4, 0.5) is 5.69 Å². The molecule has 0 saturated carbocycles. The zero-order valence-electron chi connectivity index (χ0n) is 16.5. The van der Waals surface area contributed by atoms with Crippen molar-refractivity contribution in [2.45, 2.75) is 19.8 Å². The molecule has 2 aromatic rings. The predicted octanol–water partition coefficient (Wildman–Crippen LogP) is 3.95. The van der Waals surface area contributed by atoms with Gasteiger partial charge in [0.2, 0.25) is 5.91 Å². The second-order valence-corrected chi connectivity index (χ2v) is 7.09. The zero-order valence-corrected chi connectivity index (χ0v) is 17.2. The minimum Gasteiger partial charge on any atom is -0.495 e. The number of nitrogens with one attached hydrogen (secondary N) is 1. The molecule has 0 aliphatic heterocycles. The lowest BCUT2D eigenvalue weighted by Crippen LogP contribution is -2.37. The third-order valence-electron chi connectivity index (χ3n) is 4.15. The number of halogens is 1. The Balaban J connectivity index is 1.86. The van der Waals surface area contributed by atoms with Crippen LogP contribution in [-0.4, -0.2) is 44.0 Å². The molecule has 0 atom stereocenters. The summed E-state index contributed by atoms with van der Waals surface area (Å²) in [6.45, 7) is 3.95. The number of nitrogens with zero attached hydrogens (tertiary/aromatic N) is 1. The number of anilines is 1. The topological polar surface area (TPSA) is 67.9 Å². The van der Waals surface area contributed by atoms with E-state index in [0.29, 0.717) is 28.1 Å². The number of ether oxygens (including phenoxy) is 2. The molecule has 2 rings (SSSR count). The average Bonchev–Trinajstić information content (AvgIpc) is 2.66. The normalized spacial score (nSPS) is 10.5. The van der Waals surface area contributed by atoms with E-state index < -0.39 is 0 Å². The number of likely N-dealkylation sites (N-methyl/N-ethyl adjacent to an activating group) is 1. The van der Waals surface area contributed by atoms with E-state index in [-0.39, 0.29) is 25.0 Å². The van der Waals surface area contributed by atoms with E-state index in [4.69, 9.17) is 21.1 Å². The molecule has 0 fully saturated rings. The Morgan fingerprint density at radius 1 is 1.14 bits per heavy atom. The first-order valence-electron chi connectivity index (χ1n) is 8.90. The van der Waals surface area contributed by atoms with Gasteiger partial charge < -0.3 is 19.7 Å². The van der Waals surface area contributed by atoms with Gasteiger partial charge in [0.1, 0.15) is 11.5 Å². The molecular weight excluding hydrogens is 380 g/mol. The van der Waals surface area contributed by atoms with Gasteiger partial charge in [0.15, 0.2) is 6.61 Å². The molecule has 0 aromatic heterocycles. The summed E-state index contributed by atoms with van der Waals surface area (Å²) < 4.78 is 10.7. The maximum atomic E-state index is 12.2. The number of carbonyl (C=O) groups excluding carboxylic acids is 2. The number of hydrogen-bond donors (Lipinski definition) is 1. The smallest absolute Gasteiger partial charge is 0.260 e. The first kappa shape index (κ1) is 21.6. The van der Waals surface area contributed by atoms with E-state index in [1.165, 1.54) is 17.6 Å². The molecule has 0 saturated heterocycles. The number of amides is 2. The van der Waals surface area contributed by atoms with Crippen LogP contribution in [0.5, 0.6) is 11.5 Å². The Morgan fingerprint density at radius 3 is 2.43 bits per heavy atom. The van der Waals surface area contributed by atoms with Crippen LogP contribution >= 0.6 is 11.6 Å². The summed E-state index contributed by atoms with van der Waals surface area (Å²) >= 11 is 5.95. The number of benzene rings is 2. The molecule has 0 radical (unpaired) electrons. The fourth-order valence-corrected chi connectivity index (χ4v) is 2.65.